The molecule has 0 bridgehead atoms. The average Bonchev–Trinajstić information content (AvgIpc) is 2.42. The zero-order valence-corrected chi connectivity index (χ0v) is 11.1. The molecule has 0 saturated heterocycles. The topological polar surface area (TPSA) is 38.0 Å². The molecule has 1 aromatic rings. The van der Waals surface area contributed by atoms with Crippen molar-refractivity contribution >= 4 is 0 Å². The lowest BCUT2D eigenvalue weighted by Gasteiger charge is -2.12. The average molecular weight is 224 g/mol. The third-order valence-corrected chi connectivity index (χ3v) is 2.61. The van der Waals surface area contributed by atoms with E-state index in [0.717, 1.165) is 30.8 Å². The number of hydrogen-bond donors (Lipinski definition) is 1. The third kappa shape index (κ3) is 2.77. The van der Waals surface area contributed by atoms with Gasteiger partial charge < -0.3 is 5.11 Å². The molecule has 1 rings (SSSR count). The SMILES string of the molecule is CCCc1nn(CC(C)C)c(C(C)C)c1O. The van der Waals surface area contributed by atoms with Crippen LogP contribution in [-0.4, -0.2) is 14.9 Å². The minimum atomic E-state index is 0.317. The third-order valence-electron chi connectivity index (χ3n) is 2.61. The van der Waals surface area contributed by atoms with Crippen molar-refractivity contribution in [3.63, 3.8) is 0 Å². The second-order valence-corrected chi connectivity index (χ2v) is 5.16. The van der Waals surface area contributed by atoms with E-state index in [9.17, 15) is 5.11 Å². The predicted octanol–water partition coefficient (Wildman–Crippen LogP) is 3.32. The molecule has 0 spiro atoms. The summed E-state index contributed by atoms with van der Waals surface area (Å²) < 4.78 is 1.98. The predicted molar refractivity (Wildman–Crippen MR) is 66.8 cm³/mol. The van der Waals surface area contributed by atoms with E-state index in [-0.39, 0.29) is 0 Å². The maximum absolute atomic E-state index is 10.1. The smallest absolute Gasteiger partial charge is 0.160 e. The van der Waals surface area contributed by atoms with Crippen molar-refractivity contribution in [3.05, 3.63) is 11.4 Å². The lowest BCUT2D eigenvalue weighted by molar-refractivity contribution is 0.436. The Balaban J connectivity index is 3.09. The second-order valence-electron chi connectivity index (χ2n) is 5.16. The molecule has 0 aromatic carbocycles. The first kappa shape index (κ1) is 13.1. The molecule has 0 fully saturated rings. The summed E-state index contributed by atoms with van der Waals surface area (Å²) in [6.45, 7) is 11.5. The molecule has 16 heavy (non-hydrogen) atoms. The Labute approximate surface area is 98.5 Å². The Hall–Kier alpha value is -0.990. The lowest BCUT2D eigenvalue weighted by Crippen LogP contribution is -2.10. The molecule has 0 unspecified atom stereocenters. The van der Waals surface area contributed by atoms with Gasteiger partial charge in [0.1, 0.15) is 5.69 Å². The highest BCUT2D eigenvalue weighted by Crippen LogP contribution is 2.30. The van der Waals surface area contributed by atoms with Gasteiger partial charge in [0.05, 0.1) is 5.69 Å². The molecule has 0 aliphatic heterocycles. The maximum Gasteiger partial charge on any atom is 0.160 e. The molecule has 0 amide bonds. The molecule has 1 N–H and O–H groups in total. The van der Waals surface area contributed by atoms with Crippen molar-refractivity contribution in [3.8, 4) is 5.75 Å². The summed E-state index contributed by atoms with van der Waals surface area (Å²) in [6.07, 6.45) is 1.88. The van der Waals surface area contributed by atoms with Crippen LogP contribution in [0.25, 0.3) is 0 Å². The molecular weight excluding hydrogens is 200 g/mol. The van der Waals surface area contributed by atoms with Crippen molar-refractivity contribution in [2.75, 3.05) is 0 Å². The number of aryl methyl sites for hydroxylation is 1. The van der Waals surface area contributed by atoms with Crippen LogP contribution in [0.5, 0.6) is 5.75 Å². The first-order chi connectivity index (χ1) is 7.47. The zero-order chi connectivity index (χ0) is 12.3. The largest absolute Gasteiger partial charge is 0.504 e. The minimum absolute atomic E-state index is 0.317. The van der Waals surface area contributed by atoms with Crippen LogP contribution in [-0.2, 0) is 13.0 Å². The van der Waals surface area contributed by atoms with Crippen molar-refractivity contribution in [2.45, 2.75) is 59.9 Å². The lowest BCUT2D eigenvalue weighted by atomic mass is 10.1. The molecule has 0 aliphatic carbocycles. The van der Waals surface area contributed by atoms with E-state index < -0.39 is 0 Å². The van der Waals surface area contributed by atoms with Crippen LogP contribution in [0.3, 0.4) is 0 Å². The fourth-order valence-electron chi connectivity index (χ4n) is 1.98. The molecular formula is C13H24N2O. The summed E-state index contributed by atoms with van der Waals surface area (Å²) in [5.41, 5.74) is 1.84. The Kier molecular flexibility index (Phi) is 4.39. The van der Waals surface area contributed by atoms with E-state index >= 15 is 0 Å². The Bertz CT molecular complexity index is 340. The minimum Gasteiger partial charge on any atom is -0.504 e. The first-order valence-corrected chi connectivity index (χ1v) is 6.25. The molecule has 92 valence electrons. The molecule has 1 heterocycles. The van der Waals surface area contributed by atoms with E-state index in [4.69, 9.17) is 0 Å². The number of hydrogen-bond acceptors (Lipinski definition) is 2. The molecule has 1 aromatic heterocycles. The highest BCUT2D eigenvalue weighted by molar-refractivity contribution is 5.34. The molecule has 3 nitrogen and oxygen atoms in total. The van der Waals surface area contributed by atoms with Gasteiger partial charge in [0.15, 0.2) is 5.75 Å². The molecule has 0 aliphatic rings. The van der Waals surface area contributed by atoms with Gasteiger partial charge in [-0.3, -0.25) is 4.68 Å². The quantitative estimate of drug-likeness (QED) is 0.833. The van der Waals surface area contributed by atoms with Crippen LogP contribution in [0.15, 0.2) is 0 Å². The second kappa shape index (κ2) is 5.37. The van der Waals surface area contributed by atoms with Crippen molar-refractivity contribution < 1.29 is 5.11 Å². The van der Waals surface area contributed by atoms with Gasteiger partial charge in [-0.2, -0.15) is 5.10 Å². The van der Waals surface area contributed by atoms with E-state index in [1.54, 1.807) is 0 Å². The summed E-state index contributed by atoms with van der Waals surface area (Å²) in [7, 11) is 0. The van der Waals surface area contributed by atoms with Crippen LogP contribution < -0.4 is 0 Å². The van der Waals surface area contributed by atoms with Crippen LogP contribution in [0.2, 0.25) is 0 Å². The molecule has 3 heteroatoms. The normalized spacial score (nSPS) is 11.7. The van der Waals surface area contributed by atoms with Gasteiger partial charge in [-0.1, -0.05) is 41.0 Å². The van der Waals surface area contributed by atoms with Crippen LogP contribution in [0, 0.1) is 5.92 Å². The fraction of sp³-hybridized carbons (Fsp3) is 0.769. The summed E-state index contributed by atoms with van der Waals surface area (Å²) in [5.74, 6) is 1.28. The van der Waals surface area contributed by atoms with Crippen molar-refractivity contribution in [2.24, 2.45) is 5.92 Å². The number of nitrogens with zero attached hydrogens (tertiary/aromatic N) is 2. The highest BCUT2D eigenvalue weighted by Gasteiger charge is 2.19. The summed E-state index contributed by atoms with van der Waals surface area (Å²) in [5, 5.41) is 14.7. The van der Waals surface area contributed by atoms with Gasteiger partial charge in [0.2, 0.25) is 0 Å². The first-order valence-electron chi connectivity index (χ1n) is 6.25. The van der Waals surface area contributed by atoms with E-state index in [1.165, 1.54) is 0 Å². The molecule has 0 atom stereocenters. The van der Waals surface area contributed by atoms with E-state index in [0.29, 0.717) is 17.6 Å². The molecule has 0 saturated carbocycles. The number of rotatable bonds is 5. The van der Waals surface area contributed by atoms with Gasteiger partial charge in [-0.05, 0) is 18.3 Å². The van der Waals surface area contributed by atoms with Crippen LogP contribution in [0.1, 0.15) is 58.3 Å². The standard InChI is InChI=1S/C13H24N2O/c1-6-7-11-13(16)12(10(4)5)15(14-11)8-9(2)3/h9-10,16H,6-8H2,1-5H3. The van der Waals surface area contributed by atoms with Crippen LogP contribution >= 0.6 is 0 Å². The number of aromatic hydroxyl groups is 1. The van der Waals surface area contributed by atoms with Crippen LogP contribution in [0.4, 0.5) is 0 Å². The highest BCUT2D eigenvalue weighted by atomic mass is 16.3. The van der Waals surface area contributed by atoms with Gasteiger partial charge in [-0.25, -0.2) is 0 Å². The fourth-order valence-corrected chi connectivity index (χ4v) is 1.98. The Morgan fingerprint density at radius 2 is 1.88 bits per heavy atom. The summed E-state index contributed by atoms with van der Waals surface area (Å²) >= 11 is 0. The van der Waals surface area contributed by atoms with Gasteiger partial charge in [0.25, 0.3) is 0 Å². The summed E-state index contributed by atoms with van der Waals surface area (Å²) in [4.78, 5) is 0. The molecule has 0 radical (unpaired) electrons. The van der Waals surface area contributed by atoms with Crippen molar-refractivity contribution in [1.29, 1.82) is 0 Å². The van der Waals surface area contributed by atoms with Gasteiger partial charge in [-0.15, -0.1) is 0 Å². The van der Waals surface area contributed by atoms with E-state index in [1.807, 2.05) is 4.68 Å². The number of aromatic nitrogens is 2. The monoisotopic (exact) mass is 224 g/mol. The maximum atomic E-state index is 10.1. The van der Waals surface area contributed by atoms with Crippen molar-refractivity contribution in [1.82, 2.24) is 9.78 Å². The van der Waals surface area contributed by atoms with Gasteiger partial charge >= 0.3 is 0 Å². The zero-order valence-electron chi connectivity index (χ0n) is 11.1. The Morgan fingerprint density at radius 3 is 2.31 bits per heavy atom. The van der Waals surface area contributed by atoms with Gasteiger partial charge in [0, 0.05) is 6.54 Å². The van der Waals surface area contributed by atoms with E-state index in [2.05, 4.69) is 39.7 Å². The summed E-state index contributed by atoms with van der Waals surface area (Å²) in [6, 6.07) is 0. The Morgan fingerprint density at radius 1 is 1.25 bits per heavy atom.